The molecule has 5 heteroatoms. The summed E-state index contributed by atoms with van der Waals surface area (Å²) in [6.45, 7) is 0. The zero-order valence-electron chi connectivity index (χ0n) is 23.9. The highest BCUT2D eigenvalue weighted by atomic mass is 16.3. The molecule has 0 unspecified atom stereocenters. The maximum absolute atomic E-state index is 6.75. The van der Waals surface area contributed by atoms with Crippen molar-refractivity contribution >= 4 is 65.7 Å². The molecular weight excluding hydrogens is 554 g/mol. The molecule has 0 fully saturated rings. The Morgan fingerprint density at radius 2 is 0.956 bits per heavy atom. The second-order valence-corrected chi connectivity index (χ2v) is 11.4. The van der Waals surface area contributed by atoms with Crippen molar-refractivity contribution in [3.8, 4) is 28.5 Å². The van der Waals surface area contributed by atoms with Crippen LogP contribution in [0.3, 0.4) is 0 Å². The molecule has 45 heavy (non-hydrogen) atoms. The molecule has 6 aromatic carbocycles. The number of rotatable bonds is 3. The van der Waals surface area contributed by atoms with E-state index in [-0.39, 0.29) is 0 Å². The Kier molecular flexibility index (Phi) is 4.93. The van der Waals surface area contributed by atoms with E-state index in [0.29, 0.717) is 5.95 Å². The highest BCUT2D eigenvalue weighted by molar-refractivity contribution is 6.38. The Morgan fingerprint density at radius 3 is 1.60 bits per heavy atom. The van der Waals surface area contributed by atoms with Crippen LogP contribution in [0.1, 0.15) is 0 Å². The molecule has 4 heterocycles. The van der Waals surface area contributed by atoms with Crippen LogP contribution in [0.15, 0.2) is 148 Å². The molecule has 0 aliphatic heterocycles. The number of nitrogens with zero attached hydrogens (tertiary/aromatic N) is 3. The first-order valence-corrected chi connectivity index (χ1v) is 15.0. The lowest BCUT2D eigenvalue weighted by Crippen LogP contribution is -2.04. The van der Waals surface area contributed by atoms with Crippen molar-refractivity contribution in [2.45, 2.75) is 0 Å². The number of benzene rings is 6. The van der Waals surface area contributed by atoms with Gasteiger partial charge in [0, 0.05) is 38.1 Å². The molecular formula is C40H23N3O2. The summed E-state index contributed by atoms with van der Waals surface area (Å²) < 4.78 is 15.6. The molecule has 10 rings (SSSR count). The van der Waals surface area contributed by atoms with Crippen LogP contribution in [0.25, 0.3) is 94.1 Å². The number of fused-ring (bicyclic) bond motifs is 12. The van der Waals surface area contributed by atoms with Crippen LogP contribution in [0.2, 0.25) is 0 Å². The molecule has 0 amide bonds. The molecule has 0 atom stereocenters. The van der Waals surface area contributed by atoms with E-state index in [9.17, 15) is 0 Å². The highest BCUT2D eigenvalue weighted by Gasteiger charge is 2.27. The van der Waals surface area contributed by atoms with E-state index in [1.807, 2.05) is 66.7 Å². The van der Waals surface area contributed by atoms with E-state index in [4.69, 9.17) is 18.8 Å². The third kappa shape index (κ3) is 3.43. The molecule has 210 valence electrons. The van der Waals surface area contributed by atoms with Gasteiger partial charge in [-0.1, -0.05) is 115 Å². The van der Waals surface area contributed by atoms with Gasteiger partial charge in [-0.3, -0.25) is 4.57 Å². The average molecular weight is 578 g/mol. The van der Waals surface area contributed by atoms with Gasteiger partial charge in [-0.05, 0) is 24.3 Å². The molecule has 0 bridgehead atoms. The summed E-state index contributed by atoms with van der Waals surface area (Å²) in [5.41, 5.74) is 8.90. The average Bonchev–Trinajstić information content (AvgIpc) is 3.78. The minimum absolute atomic E-state index is 0.579. The van der Waals surface area contributed by atoms with Crippen molar-refractivity contribution in [2.75, 3.05) is 0 Å². The van der Waals surface area contributed by atoms with E-state index in [1.165, 1.54) is 0 Å². The van der Waals surface area contributed by atoms with Gasteiger partial charge in [-0.25, -0.2) is 9.97 Å². The Balaban J connectivity index is 1.45. The predicted octanol–water partition coefficient (Wildman–Crippen LogP) is 10.7. The van der Waals surface area contributed by atoms with Gasteiger partial charge in [-0.2, -0.15) is 0 Å². The third-order valence-electron chi connectivity index (χ3n) is 8.81. The molecule has 0 saturated heterocycles. The van der Waals surface area contributed by atoms with Crippen molar-refractivity contribution < 1.29 is 8.83 Å². The fourth-order valence-electron chi connectivity index (χ4n) is 6.87. The molecule has 0 spiro atoms. The standard InChI is InChI=1S/C40H23N3O2/c1-3-13-24(14-4-1)29-23-30(25-15-5-2-6-16-25)42-40(41-29)43-31-20-10-7-17-26(31)34-35-27-18-8-11-21-32(27)44-38(35)36-28-19-9-12-22-33(28)45-39(36)37(34)43/h1-23H. The molecule has 0 aliphatic carbocycles. The summed E-state index contributed by atoms with van der Waals surface area (Å²) in [5, 5.41) is 6.25. The molecule has 0 N–H and O–H groups in total. The number of hydrogen-bond donors (Lipinski definition) is 0. The zero-order chi connectivity index (χ0) is 29.5. The van der Waals surface area contributed by atoms with E-state index < -0.39 is 0 Å². The summed E-state index contributed by atoms with van der Waals surface area (Å²) in [4.78, 5) is 10.5. The number of para-hydroxylation sites is 3. The van der Waals surface area contributed by atoms with Crippen LogP contribution in [0, 0.1) is 0 Å². The van der Waals surface area contributed by atoms with E-state index in [2.05, 4.69) is 77.4 Å². The van der Waals surface area contributed by atoms with E-state index in [0.717, 1.165) is 88.2 Å². The quantitative estimate of drug-likeness (QED) is 0.210. The number of aromatic nitrogens is 3. The highest BCUT2D eigenvalue weighted by Crippen LogP contribution is 2.48. The topological polar surface area (TPSA) is 57.0 Å². The molecule has 10 aromatic rings. The van der Waals surface area contributed by atoms with Gasteiger partial charge in [0.15, 0.2) is 5.58 Å². The lowest BCUT2D eigenvalue weighted by molar-refractivity contribution is 0.664. The van der Waals surface area contributed by atoms with E-state index in [1.54, 1.807) is 0 Å². The van der Waals surface area contributed by atoms with E-state index >= 15 is 0 Å². The summed E-state index contributed by atoms with van der Waals surface area (Å²) in [6, 6.07) is 47.5. The van der Waals surface area contributed by atoms with Crippen LogP contribution in [-0.4, -0.2) is 14.5 Å². The lowest BCUT2D eigenvalue weighted by Gasteiger charge is -2.12. The molecule has 0 saturated carbocycles. The van der Waals surface area contributed by atoms with Gasteiger partial charge in [0.25, 0.3) is 0 Å². The van der Waals surface area contributed by atoms with Gasteiger partial charge in [-0.15, -0.1) is 0 Å². The monoisotopic (exact) mass is 577 g/mol. The SMILES string of the molecule is c1ccc(-c2cc(-c3ccccc3)nc(-n3c4ccccc4c4c5c6ccccc6oc5c5c6ccccc6oc5c43)n2)cc1. The Hall–Kier alpha value is -6.20. The summed E-state index contributed by atoms with van der Waals surface area (Å²) >= 11 is 0. The van der Waals surface area contributed by atoms with Gasteiger partial charge < -0.3 is 8.83 Å². The number of hydrogen-bond acceptors (Lipinski definition) is 4. The number of furan rings is 2. The molecule has 5 nitrogen and oxygen atoms in total. The maximum atomic E-state index is 6.75. The van der Waals surface area contributed by atoms with Gasteiger partial charge in [0.2, 0.25) is 5.95 Å². The minimum atomic E-state index is 0.579. The lowest BCUT2D eigenvalue weighted by atomic mass is 10.0. The van der Waals surface area contributed by atoms with Crippen molar-refractivity contribution in [2.24, 2.45) is 0 Å². The second-order valence-electron chi connectivity index (χ2n) is 11.4. The summed E-state index contributed by atoms with van der Waals surface area (Å²) in [7, 11) is 0. The fraction of sp³-hybridized carbons (Fsp3) is 0. The van der Waals surface area contributed by atoms with Crippen LogP contribution >= 0.6 is 0 Å². The minimum Gasteiger partial charge on any atom is -0.455 e. The smallest absolute Gasteiger partial charge is 0.235 e. The van der Waals surface area contributed by atoms with Crippen LogP contribution in [0.5, 0.6) is 0 Å². The van der Waals surface area contributed by atoms with Crippen LogP contribution < -0.4 is 0 Å². The van der Waals surface area contributed by atoms with Crippen LogP contribution in [-0.2, 0) is 0 Å². The summed E-state index contributed by atoms with van der Waals surface area (Å²) in [5.74, 6) is 0.579. The first kappa shape index (κ1) is 24.3. The molecule has 0 radical (unpaired) electrons. The Bertz CT molecular complexity index is 2700. The Labute approximate surface area is 256 Å². The molecule has 4 aromatic heterocycles. The fourth-order valence-corrected chi connectivity index (χ4v) is 6.87. The normalized spacial score (nSPS) is 12.0. The maximum Gasteiger partial charge on any atom is 0.235 e. The molecule has 0 aliphatic rings. The summed E-state index contributed by atoms with van der Waals surface area (Å²) in [6.07, 6.45) is 0. The zero-order valence-corrected chi connectivity index (χ0v) is 23.9. The van der Waals surface area contributed by atoms with Crippen molar-refractivity contribution in [3.05, 3.63) is 140 Å². The second kappa shape index (κ2) is 9.15. The largest absolute Gasteiger partial charge is 0.455 e. The third-order valence-corrected chi connectivity index (χ3v) is 8.81. The van der Waals surface area contributed by atoms with Crippen LogP contribution in [0.4, 0.5) is 0 Å². The predicted molar refractivity (Wildman–Crippen MR) is 182 cm³/mol. The first-order chi connectivity index (χ1) is 22.3. The van der Waals surface area contributed by atoms with Gasteiger partial charge in [0.1, 0.15) is 22.3 Å². The van der Waals surface area contributed by atoms with Crippen molar-refractivity contribution in [1.29, 1.82) is 0 Å². The van der Waals surface area contributed by atoms with Crippen molar-refractivity contribution in [1.82, 2.24) is 14.5 Å². The first-order valence-electron chi connectivity index (χ1n) is 15.0. The Morgan fingerprint density at radius 1 is 0.444 bits per heavy atom. The van der Waals surface area contributed by atoms with Crippen molar-refractivity contribution in [3.63, 3.8) is 0 Å². The van der Waals surface area contributed by atoms with Gasteiger partial charge in [0.05, 0.1) is 22.3 Å². The van der Waals surface area contributed by atoms with Gasteiger partial charge >= 0.3 is 0 Å².